The summed E-state index contributed by atoms with van der Waals surface area (Å²) in [5.41, 5.74) is 0. The molecule has 2 aliphatic heterocycles. The van der Waals surface area contributed by atoms with Crippen LogP contribution in [0.5, 0.6) is 11.5 Å². The number of carbonyl (C=O) groups is 2. The smallest absolute Gasteiger partial charge is 0.267 e. The van der Waals surface area contributed by atoms with E-state index in [1.54, 1.807) is 0 Å². The van der Waals surface area contributed by atoms with Crippen LogP contribution in [0.1, 0.15) is 32.6 Å². The minimum atomic E-state index is -0.607. The third-order valence-electron chi connectivity index (χ3n) is 6.04. The number of fused-ring (bicyclic) bond motifs is 1. The van der Waals surface area contributed by atoms with Crippen LogP contribution in [0.2, 0.25) is 0 Å². The molecule has 152 valence electrons. The van der Waals surface area contributed by atoms with Crippen molar-refractivity contribution in [1.82, 2.24) is 15.1 Å². The first-order valence-corrected chi connectivity index (χ1v) is 10.3. The van der Waals surface area contributed by atoms with Crippen molar-refractivity contribution >= 4 is 11.8 Å². The summed E-state index contributed by atoms with van der Waals surface area (Å²) in [6, 6.07) is 7.58. The van der Waals surface area contributed by atoms with Gasteiger partial charge in [-0.25, -0.2) is 0 Å². The number of rotatable bonds is 4. The van der Waals surface area contributed by atoms with Gasteiger partial charge in [0.05, 0.1) is 6.04 Å². The molecule has 2 fully saturated rings. The van der Waals surface area contributed by atoms with E-state index in [-0.39, 0.29) is 24.5 Å². The van der Waals surface area contributed by atoms with Crippen LogP contribution >= 0.6 is 0 Å². The van der Waals surface area contributed by atoms with Crippen molar-refractivity contribution in [3.05, 3.63) is 24.3 Å². The highest BCUT2D eigenvalue weighted by Gasteiger charge is 2.34. The molecule has 1 aromatic carbocycles. The zero-order chi connectivity index (χ0) is 19.5. The molecular weight excluding hydrogens is 358 g/mol. The lowest BCUT2D eigenvalue weighted by Crippen LogP contribution is -2.58. The van der Waals surface area contributed by atoms with E-state index in [9.17, 15) is 9.59 Å². The van der Waals surface area contributed by atoms with Gasteiger partial charge in [0.25, 0.3) is 5.91 Å². The van der Waals surface area contributed by atoms with Crippen molar-refractivity contribution in [1.29, 1.82) is 0 Å². The van der Waals surface area contributed by atoms with Crippen LogP contribution in [-0.2, 0) is 9.59 Å². The number of ether oxygens (including phenoxy) is 2. The van der Waals surface area contributed by atoms with Crippen LogP contribution in [0.15, 0.2) is 24.3 Å². The summed E-state index contributed by atoms with van der Waals surface area (Å²) in [6.45, 7) is 4.76. The summed E-state index contributed by atoms with van der Waals surface area (Å²) in [7, 11) is 0. The number of para-hydroxylation sites is 2. The Morgan fingerprint density at radius 3 is 2.46 bits per heavy atom. The fourth-order valence-corrected chi connectivity index (χ4v) is 4.23. The van der Waals surface area contributed by atoms with E-state index in [0.29, 0.717) is 43.7 Å². The summed E-state index contributed by atoms with van der Waals surface area (Å²) < 4.78 is 11.5. The lowest BCUT2D eigenvalue weighted by atomic mass is 10.1. The second-order valence-electron chi connectivity index (χ2n) is 7.89. The van der Waals surface area contributed by atoms with Gasteiger partial charge in [0, 0.05) is 32.2 Å². The zero-order valence-electron chi connectivity index (χ0n) is 16.4. The van der Waals surface area contributed by atoms with Gasteiger partial charge < -0.3 is 19.7 Å². The molecule has 0 aromatic heterocycles. The van der Waals surface area contributed by atoms with E-state index in [0.717, 1.165) is 12.8 Å². The van der Waals surface area contributed by atoms with Gasteiger partial charge in [-0.15, -0.1) is 0 Å². The van der Waals surface area contributed by atoms with Crippen LogP contribution < -0.4 is 14.8 Å². The standard InChI is InChI=1S/C21H29N3O4/c1-15(20(25)22-16-6-2-3-7-16)23-10-12-24(13-11-23)21(26)19-14-27-17-8-4-5-9-18(17)28-19/h4-5,8-9,15-16,19H,2-3,6-7,10-14H2,1H3,(H,22,25)/t15-,19+/m1/s1. The molecule has 1 saturated carbocycles. The van der Waals surface area contributed by atoms with Gasteiger partial charge in [-0.1, -0.05) is 25.0 Å². The zero-order valence-corrected chi connectivity index (χ0v) is 16.4. The summed E-state index contributed by atoms with van der Waals surface area (Å²) >= 11 is 0. The molecule has 1 aliphatic carbocycles. The first-order chi connectivity index (χ1) is 13.6. The predicted octanol–water partition coefficient (Wildman–Crippen LogP) is 1.42. The maximum atomic E-state index is 12.8. The Morgan fingerprint density at radius 2 is 1.75 bits per heavy atom. The highest BCUT2D eigenvalue weighted by atomic mass is 16.6. The number of amides is 2. The predicted molar refractivity (Wildman–Crippen MR) is 104 cm³/mol. The Labute approximate surface area is 166 Å². The normalized spacial score (nSPS) is 24.0. The van der Waals surface area contributed by atoms with Crippen molar-refractivity contribution in [2.24, 2.45) is 0 Å². The number of nitrogens with one attached hydrogen (secondary N) is 1. The number of benzene rings is 1. The Morgan fingerprint density at radius 1 is 1.07 bits per heavy atom. The largest absolute Gasteiger partial charge is 0.485 e. The Balaban J connectivity index is 1.26. The molecule has 0 spiro atoms. The van der Waals surface area contributed by atoms with E-state index in [2.05, 4.69) is 10.2 Å². The second kappa shape index (κ2) is 8.39. The van der Waals surface area contributed by atoms with Gasteiger partial charge in [-0.2, -0.15) is 0 Å². The molecule has 2 heterocycles. The molecule has 2 atom stereocenters. The van der Waals surface area contributed by atoms with E-state index in [1.165, 1.54) is 12.8 Å². The molecule has 28 heavy (non-hydrogen) atoms. The van der Waals surface area contributed by atoms with E-state index in [4.69, 9.17) is 9.47 Å². The van der Waals surface area contributed by atoms with Crippen molar-refractivity contribution < 1.29 is 19.1 Å². The van der Waals surface area contributed by atoms with Gasteiger partial charge >= 0.3 is 0 Å². The molecular formula is C21H29N3O4. The average molecular weight is 387 g/mol. The third-order valence-corrected chi connectivity index (χ3v) is 6.04. The molecule has 7 heteroatoms. The van der Waals surface area contributed by atoms with Crippen LogP contribution in [0.4, 0.5) is 0 Å². The molecule has 7 nitrogen and oxygen atoms in total. The molecule has 1 aromatic rings. The van der Waals surface area contributed by atoms with Crippen molar-refractivity contribution in [3.63, 3.8) is 0 Å². The van der Waals surface area contributed by atoms with E-state index in [1.807, 2.05) is 36.1 Å². The summed E-state index contributed by atoms with van der Waals surface area (Å²) in [5, 5.41) is 3.17. The summed E-state index contributed by atoms with van der Waals surface area (Å²) in [6.07, 6.45) is 3.99. The van der Waals surface area contributed by atoms with E-state index >= 15 is 0 Å². The van der Waals surface area contributed by atoms with Crippen molar-refractivity contribution in [2.75, 3.05) is 32.8 Å². The number of hydrogen-bond donors (Lipinski definition) is 1. The SMILES string of the molecule is C[C@H](C(=O)NC1CCCC1)N1CCN(C(=O)[C@@H]2COc3ccccc3O2)CC1. The van der Waals surface area contributed by atoms with Gasteiger partial charge in [-0.3, -0.25) is 14.5 Å². The van der Waals surface area contributed by atoms with Gasteiger partial charge in [0.2, 0.25) is 12.0 Å². The summed E-state index contributed by atoms with van der Waals surface area (Å²) in [5.74, 6) is 1.35. The number of carbonyl (C=O) groups excluding carboxylic acids is 2. The lowest BCUT2D eigenvalue weighted by Gasteiger charge is -2.39. The van der Waals surface area contributed by atoms with Crippen molar-refractivity contribution in [2.45, 2.75) is 50.8 Å². The van der Waals surface area contributed by atoms with Gasteiger partial charge in [0.15, 0.2) is 11.5 Å². The lowest BCUT2D eigenvalue weighted by molar-refractivity contribution is -0.143. The molecule has 0 bridgehead atoms. The van der Waals surface area contributed by atoms with Crippen LogP contribution in [0, 0.1) is 0 Å². The summed E-state index contributed by atoms with van der Waals surface area (Å²) in [4.78, 5) is 29.3. The Bertz CT molecular complexity index is 711. The quantitative estimate of drug-likeness (QED) is 0.846. The van der Waals surface area contributed by atoms with Gasteiger partial charge in [-0.05, 0) is 31.9 Å². The topological polar surface area (TPSA) is 71.1 Å². The third kappa shape index (κ3) is 4.09. The Hall–Kier alpha value is -2.28. The Kier molecular flexibility index (Phi) is 5.71. The molecule has 0 radical (unpaired) electrons. The maximum Gasteiger partial charge on any atom is 0.267 e. The minimum absolute atomic E-state index is 0.0442. The molecule has 1 N–H and O–H groups in total. The monoisotopic (exact) mass is 387 g/mol. The molecule has 0 unspecified atom stereocenters. The van der Waals surface area contributed by atoms with Crippen LogP contribution in [-0.4, -0.2) is 72.6 Å². The number of hydrogen-bond acceptors (Lipinski definition) is 5. The second-order valence-corrected chi connectivity index (χ2v) is 7.89. The highest BCUT2D eigenvalue weighted by molar-refractivity contribution is 5.83. The fourth-order valence-electron chi connectivity index (χ4n) is 4.23. The minimum Gasteiger partial charge on any atom is -0.485 e. The molecule has 3 aliphatic rings. The van der Waals surface area contributed by atoms with Gasteiger partial charge in [0.1, 0.15) is 6.61 Å². The van der Waals surface area contributed by atoms with Crippen molar-refractivity contribution in [3.8, 4) is 11.5 Å². The van der Waals surface area contributed by atoms with Crippen LogP contribution in [0.3, 0.4) is 0 Å². The fraction of sp³-hybridized carbons (Fsp3) is 0.619. The molecule has 4 rings (SSSR count). The molecule has 1 saturated heterocycles. The first kappa shape index (κ1) is 19.1. The molecule has 2 amide bonds. The number of piperazine rings is 1. The first-order valence-electron chi connectivity index (χ1n) is 10.3. The average Bonchev–Trinajstić information content (AvgIpc) is 3.25. The highest BCUT2D eigenvalue weighted by Crippen LogP contribution is 2.31. The maximum absolute atomic E-state index is 12.8. The number of nitrogens with zero attached hydrogens (tertiary/aromatic N) is 2. The van der Waals surface area contributed by atoms with E-state index < -0.39 is 6.10 Å². The van der Waals surface area contributed by atoms with Crippen LogP contribution in [0.25, 0.3) is 0 Å².